The molecule has 0 atom stereocenters. The van der Waals surface area contributed by atoms with E-state index >= 15 is 0 Å². The average Bonchev–Trinajstić information content (AvgIpc) is 2.38. The molecule has 1 aromatic rings. The van der Waals surface area contributed by atoms with Crippen LogP contribution in [0.5, 0.6) is 0 Å². The number of nitro benzene ring substituents is 1. The number of esters is 2. The van der Waals surface area contributed by atoms with Crippen LogP contribution in [0, 0.1) is 10.1 Å². The molecule has 0 aliphatic heterocycles. The number of ether oxygens (including phenoxy) is 2. The van der Waals surface area contributed by atoms with Crippen molar-refractivity contribution in [2.45, 2.75) is 13.8 Å². The minimum absolute atomic E-state index is 0.0653. The van der Waals surface area contributed by atoms with Gasteiger partial charge < -0.3 is 9.47 Å². The Labute approximate surface area is 109 Å². The molecule has 7 nitrogen and oxygen atoms in total. The minimum Gasteiger partial charge on any atom is -0.462 e. The van der Waals surface area contributed by atoms with Gasteiger partial charge in [-0.3, -0.25) is 10.1 Å². The molecule has 0 saturated carbocycles. The van der Waals surface area contributed by atoms with Crippen LogP contribution in [0.15, 0.2) is 18.2 Å². The lowest BCUT2D eigenvalue weighted by Gasteiger charge is -2.06. The van der Waals surface area contributed by atoms with Gasteiger partial charge >= 0.3 is 11.9 Å². The first-order valence-electron chi connectivity index (χ1n) is 5.63. The van der Waals surface area contributed by atoms with Crippen LogP contribution < -0.4 is 0 Å². The summed E-state index contributed by atoms with van der Waals surface area (Å²) in [5, 5.41) is 10.8. The molecule has 0 heterocycles. The highest BCUT2D eigenvalue weighted by molar-refractivity contribution is 5.98. The van der Waals surface area contributed by atoms with E-state index in [1.807, 2.05) is 0 Å². The van der Waals surface area contributed by atoms with Crippen molar-refractivity contribution >= 4 is 17.6 Å². The van der Waals surface area contributed by atoms with E-state index in [1.165, 1.54) is 6.07 Å². The highest BCUT2D eigenvalue weighted by Gasteiger charge is 2.23. The molecule has 1 aromatic carbocycles. The largest absolute Gasteiger partial charge is 0.462 e. The van der Waals surface area contributed by atoms with E-state index in [1.54, 1.807) is 13.8 Å². The minimum atomic E-state index is -0.847. The Morgan fingerprint density at radius 2 is 1.74 bits per heavy atom. The second-order valence-corrected chi connectivity index (χ2v) is 3.43. The Morgan fingerprint density at radius 1 is 1.16 bits per heavy atom. The molecule has 0 saturated heterocycles. The Bertz CT molecular complexity index is 511. The van der Waals surface area contributed by atoms with Crippen molar-refractivity contribution in [1.82, 2.24) is 0 Å². The van der Waals surface area contributed by atoms with Crippen LogP contribution in [0.2, 0.25) is 0 Å². The molecule has 7 heteroatoms. The number of nitro groups is 1. The number of benzene rings is 1. The maximum atomic E-state index is 11.6. The van der Waals surface area contributed by atoms with Gasteiger partial charge in [-0.15, -0.1) is 0 Å². The lowest BCUT2D eigenvalue weighted by molar-refractivity contribution is -0.385. The van der Waals surface area contributed by atoms with Gasteiger partial charge in [0, 0.05) is 6.07 Å². The number of hydrogen-bond donors (Lipinski definition) is 0. The van der Waals surface area contributed by atoms with Gasteiger partial charge in [-0.2, -0.15) is 0 Å². The van der Waals surface area contributed by atoms with Crippen molar-refractivity contribution in [1.29, 1.82) is 0 Å². The zero-order chi connectivity index (χ0) is 14.4. The molecule has 0 spiro atoms. The number of hydrogen-bond acceptors (Lipinski definition) is 6. The van der Waals surface area contributed by atoms with Crippen LogP contribution in [0.1, 0.15) is 34.6 Å². The third-order valence-corrected chi connectivity index (χ3v) is 2.20. The molecule has 0 radical (unpaired) electrons. The van der Waals surface area contributed by atoms with E-state index < -0.39 is 22.5 Å². The van der Waals surface area contributed by atoms with Crippen LogP contribution >= 0.6 is 0 Å². The third kappa shape index (κ3) is 3.51. The van der Waals surface area contributed by atoms with Crippen molar-refractivity contribution < 1.29 is 24.0 Å². The fourth-order valence-corrected chi connectivity index (χ4v) is 1.41. The van der Waals surface area contributed by atoms with Gasteiger partial charge in [0.2, 0.25) is 0 Å². The maximum absolute atomic E-state index is 11.6. The highest BCUT2D eigenvalue weighted by Crippen LogP contribution is 2.21. The van der Waals surface area contributed by atoms with Gasteiger partial charge in [-0.05, 0) is 26.0 Å². The predicted molar refractivity (Wildman–Crippen MR) is 65.0 cm³/mol. The van der Waals surface area contributed by atoms with Crippen LogP contribution in [-0.4, -0.2) is 30.1 Å². The van der Waals surface area contributed by atoms with E-state index in [4.69, 9.17) is 9.47 Å². The highest BCUT2D eigenvalue weighted by atomic mass is 16.6. The SMILES string of the molecule is CCOC(=O)c1ccc([N+](=O)[O-])c(C(=O)OCC)c1. The summed E-state index contributed by atoms with van der Waals surface area (Å²) in [5.41, 5.74) is -0.612. The molecule has 0 fully saturated rings. The topological polar surface area (TPSA) is 95.7 Å². The summed E-state index contributed by atoms with van der Waals surface area (Å²) in [4.78, 5) is 33.2. The lowest BCUT2D eigenvalue weighted by Crippen LogP contribution is -2.11. The van der Waals surface area contributed by atoms with Gasteiger partial charge in [0.15, 0.2) is 0 Å². The first kappa shape index (κ1) is 14.6. The van der Waals surface area contributed by atoms with E-state index in [0.717, 1.165) is 12.1 Å². The van der Waals surface area contributed by atoms with Gasteiger partial charge in [-0.1, -0.05) is 0 Å². The molecule has 0 N–H and O–H groups in total. The monoisotopic (exact) mass is 267 g/mol. The van der Waals surface area contributed by atoms with Crippen molar-refractivity contribution in [3.8, 4) is 0 Å². The predicted octanol–water partition coefficient (Wildman–Crippen LogP) is 1.95. The normalized spacial score (nSPS) is 9.79. The van der Waals surface area contributed by atoms with Crippen LogP contribution in [0.3, 0.4) is 0 Å². The van der Waals surface area contributed by atoms with Crippen LogP contribution in [-0.2, 0) is 9.47 Å². The van der Waals surface area contributed by atoms with E-state index in [-0.39, 0.29) is 24.3 Å². The Morgan fingerprint density at radius 3 is 2.26 bits per heavy atom. The summed E-state index contributed by atoms with van der Waals surface area (Å²) in [6.07, 6.45) is 0. The standard InChI is InChI=1S/C12H13NO6/c1-3-18-11(14)8-5-6-10(13(16)17)9(7-8)12(15)19-4-2/h5-7H,3-4H2,1-2H3. The molecule has 1 rings (SSSR count). The quantitative estimate of drug-likeness (QED) is 0.459. The second-order valence-electron chi connectivity index (χ2n) is 3.43. The van der Waals surface area contributed by atoms with E-state index in [0.29, 0.717) is 0 Å². The molecular weight excluding hydrogens is 254 g/mol. The first-order valence-corrected chi connectivity index (χ1v) is 5.63. The fraction of sp³-hybridized carbons (Fsp3) is 0.333. The molecule has 0 amide bonds. The summed E-state index contributed by atoms with van der Waals surface area (Å²) in [6, 6.07) is 3.42. The van der Waals surface area contributed by atoms with Crippen molar-refractivity contribution in [2.75, 3.05) is 13.2 Å². The molecule has 0 bridgehead atoms. The van der Waals surface area contributed by atoms with Gasteiger partial charge in [-0.25, -0.2) is 9.59 Å². The fourth-order valence-electron chi connectivity index (χ4n) is 1.41. The zero-order valence-electron chi connectivity index (χ0n) is 10.5. The van der Waals surface area contributed by atoms with Gasteiger partial charge in [0.25, 0.3) is 5.69 Å². The first-order chi connectivity index (χ1) is 9.01. The molecular formula is C12H13NO6. The molecule has 0 aliphatic carbocycles. The Kier molecular flexibility index (Phi) is 4.99. The van der Waals surface area contributed by atoms with Crippen molar-refractivity contribution in [3.63, 3.8) is 0 Å². The number of rotatable bonds is 5. The molecule has 0 aliphatic rings. The van der Waals surface area contributed by atoms with Crippen molar-refractivity contribution in [2.24, 2.45) is 0 Å². The smallest absolute Gasteiger partial charge is 0.345 e. The second kappa shape index (κ2) is 6.48. The zero-order valence-corrected chi connectivity index (χ0v) is 10.5. The Hall–Kier alpha value is -2.44. The summed E-state index contributed by atoms with van der Waals surface area (Å²) in [6.45, 7) is 3.47. The van der Waals surface area contributed by atoms with Gasteiger partial charge in [0.05, 0.1) is 23.7 Å². The number of carbonyl (C=O) groups is 2. The maximum Gasteiger partial charge on any atom is 0.345 e. The molecule has 19 heavy (non-hydrogen) atoms. The van der Waals surface area contributed by atoms with Crippen LogP contribution in [0.4, 0.5) is 5.69 Å². The Balaban J connectivity index is 3.22. The summed E-state index contributed by atoms with van der Waals surface area (Å²) >= 11 is 0. The summed E-state index contributed by atoms with van der Waals surface area (Å²) in [7, 11) is 0. The summed E-state index contributed by atoms with van der Waals surface area (Å²) in [5.74, 6) is -1.50. The average molecular weight is 267 g/mol. The third-order valence-electron chi connectivity index (χ3n) is 2.20. The molecule has 0 aromatic heterocycles. The van der Waals surface area contributed by atoms with Crippen LogP contribution in [0.25, 0.3) is 0 Å². The van der Waals surface area contributed by atoms with Crippen molar-refractivity contribution in [3.05, 3.63) is 39.4 Å². The van der Waals surface area contributed by atoms with E-state index in [2.05, 4.69) is 0 Å². The molecule has 0 unspecified atom stereocenters. The van der Waals surface area contributed by atoms with Gasteiger partial charge in [0.1, 0.15) is 5.56 Å². The number of carbonyl (C=O) groups excluding carboxylic acids is 2. The molecule has 102 valence electrons. The van der Waals surface area contributed by atoms with E-state index in [9.17, 15) is 19.7 Å². The summed E-state index contributed by atoms with van der Waals surface area (Å²) < 4.78 is 9.48. The number of nitrogens with zero attached hydrogens (tertiary/aromatic N) is 1. The lowest BCUT2D eigenvalue weighted by atomic mass is 10.1.